The third-order valence-electron chi connectivity index (χ3n) is 3.36. The zero-order valence-corrected chi connectivity index (χ0v) is 14.1. The van der Waals surface area contributed by atoms with Crippen LogP contribution in [0.1, 0.15) is 12.5 Å². The summed E-state index contributed by atoms with van der Waals surface area (Å²) in [5, 5.41) is 20.9. The SMILES string of the molecule is CCOc1cc(/C=N\n2c(-c3ccc(F)cc3)n[nH]c2=S)ccc1O. The van der Waals surface area contributed by atoms with Crippen LogP contribution < -0.4 is 4.74 Å². The molecule has 2 N–H and O–H groups in total. The molecule has 0 atom stereocenters. The van der Waals surface area contributed by atoms with Crippen molar-refractivity contribution in [1.82, 2.24) is 14.9 Å². The smallest absolute Gasteiger partial charge is 0.216 e. The lowest BCUT2D eigenvalue weighted by molar-refractivity contribution is 0.318. The summed E-state index contributed by atoms with van der Waals surface area (Å²) in [6.07, 6.45) is 1.57. The molecule has 0 saturated heterocycles. The van der Waals surface area contributed by atoms with Crippen LogP contribution in [0.2, 0.25) is 0 Å². The zero-order chi connectivity index (χ0) is 17.8. The van der Waals surface area contributed by atoms with Gasteiger partial charge in [0, 0.05) is 5.56 Å². The summed E-state index contributed by atoms with van der Waals surface area (Å²) in [6.45, 7) is 2.27. The highest BCUT2D eigenvalue weighted by atomic mass is 32.1. The highest BCUT2D eigenvalue weighted by Crippen LogP contribution is 2.26. The Bertz CT molecular complexity index is 964. The number of ether oxygens (including phenoxy) is 1. The summed E-state index contributed by atoms with van der Waals surface area (Å²) in [5.41, 5.74) is 1.39. The minimum Gasteiger partial charge on any atom is -0.504 e. The standard InChI is InChI=1S/C17H15FN4O2S/c1-2-24-15-9-11(3-8-14(15)23)10-19-22-16(20-21-17(22)25)12-4-6-13(18)7-5-12/h3-10,23H,2H2,1H3,(H,21,25)/b19-10-. The Labute approximate surface area is 148 Å². The second-order valence-corrected chi connectivity index (χ2v) is 5.46. The summed E-state index contributed by atoms with van der Waals surface area (Å²) >= 11 is 5.19. The molecule has 1 aromatic heterocycles. The molecular weight excluding hydrogens is 343 g/mol. The third kappa shape index (κ3) is 3.74. The number of hydrogen-bond donors (Lipinski definition) is 2. The van der Waals surface area contributed by atoms with Crippen LogP contribution in [0.3, 0.4) is 0 Å². The van der Waals surface area contributed by atoms with E-state index in [9.17, 15) is 9.50 Å². The number of phenolic OH excluding ortho intramolecular Hbond substituents is 1. The zero-order valence-electron chi connectivity index (χ0n) is 13.3. The van der Waals surface area contributed by atoms with Crippen molar-refractivity contribution >= 4 is 18.4 Å². The average molecular weight is 358 g/mol. The molecule has 2 aromatic carbocycles. The lowest BCUT2D eigenvalue weighted by atomic mass is 10.2. The Kier molecular flexibility index (Phi) is 4.90. The predicted molar refractivity (Wildman–Crippen MR) is 95.1 cm³/mol. The van der Waals surface area contributed by atoms with E-state index in [0.717, 1.165) is 5.56 Å². The molecule has 0 spiro atoms. The van der Waals surface area contributed by atoms with E-state index < -0.39 is 0 Å². The predicted octanol–water partition coefficient (Wildman–Crippen LogP) is 3.73. The average Bonchev–Trinajstić information content (AvgIpc) is 2.97. The highest BCUT2D eigenvalue weighted by molar-refractivity contribution is 7.71. The van der Waals surface area contributed by atoms with Gasteiger partial charge in [-0.15, -0.1) is 0 Å². The number of nitrogens with one attached hydrogen (secondary N) is 1. The number of rotatable bonds is 5. The lowest BCUT2D eigenvalue weighted by Crippen LogP contribution is -1.96. The third-order valence-corrected chi connectivity index (χ3v) is 3.62. The van der Waals surface area contributed by atoms with E-state index in [1.807, 2.05) is 6.92 Å². The van der Waals surface area contributed by atoms with Crippen molar-refractivity contribution < 1.29 is 14.2 Å². The van der Waals surface area contributed by atoms with Crippen molar-refractivity contribution in [3.63, 3.8) is 0 Å². The molecule has 0 aliphatic carbocycles. The summed E-state index contributed by atoms with van der Waals surface area (Å²) in [7, 11) is 0. The molecule has 0 saturated carbocycles. The first-order valence-corrected chi connectivity index (χ1v) is 7.93. The number of aromatic nitrogens is 3. The van der Waals surface area contributed by atoms with E-state index in [2.05, 4.69) is 15.3 Å². The minimum absolute atomic E-state index is 0.0610. The van der Waals surface area contributed by atoms with Crippen LogP contribution in [0.15, 0.2) is 47.6 Å². The van der Waals surface area contributed by atoms with Crippen molar-refractivity contribution in [2.75, 3.05) is 6.61 Å². The summed E-state index contributed by atoms with van der Waals surface area (Å²) < 4.78 is 20.2. The normalized spacial score (nSPS) is 11.1. The van der Waals surface area contributed by atoms with Crippen molar-refractivity contribution in [2.24, 2.45) is 5.10 Å². The molecule has 3 rings (SSSR count). The molecule has 25 heavy (non-hydrogen) atoms. The molecule has 6 nitrogen and oxygen atoms in total. The Balaban J connectivity index is 1.94. The minimum atomic E-state index is -0.333. The van der Waals surface area contributed by atoms with Gasteiger partial charge in [-0.2, -0.15) is 14.9 Å². The Morgan fingerprint density at radius 1 is 1.32 bits per heavy atom. The lowest BCUT2D eigenvalue weighted by Gasteiger charge is -2.06. The van der Waals surface area contributed by atoms with Crippen LogP contribution in [0.5, 0.6) is 11.5 Å². The maximum atomic E-state index is 13.1. The van der Waals surface area contributed by atoms with Crippen LogP contribution in [-0.4, -0.2) is 32.8 Å². The fraction of sp³-hybridized carbons (Fsp3) is 0.118. The first-order valence-electron chi connectivity index (χ1n) is 7.52. The van der Waals surface area contributed by atoms with E-state index in [-0.39, 0.29) is 11.6 Å². The molecular formula is C17H15FN4O2S. The molecule has 0 aliphatic rings. The largest absolute Gasteiger partial charge is 0.504 e. The van der Waals surface area contributed by atoms with E-state index in [4.69, 9.17) is 17.0 Å². The van der Waals surface area contributed by atoms with Gasteiger partial charge in [0.1, 0.15) is 5.82 Å². The van der Waals surface area contributed by atoms with Crippen molar-refractivity contribution in [1.29, 1.82) is 0 Å². The van der Waals surface area contributed by atoms with E-state index in [0.29, 0.717) is 28.5 Å². The quantitative estimate of drug-likeness (QED) is 0.538. The van der Waals surface area contributed by atoms with Crippen molar-refractivity contribution in [3.8, 4) is 22.9 Å². The van der Waals surface area contributed by atoms with Gasteiger partial charge in [-0.3, -0.25) is 0 Å². The Morgan fingerprint density at radius 2 is 2.08 bits per heavy atom. The number of halogens is 1. The first-order chi connectivity index (χ1) is 12.1. The van der Waals surface area contributed by atoms with Gasteiger partial charge in [-0.1, -0.05) is 0 Å². The van der Waals surface area contributed by atoms with Gasteiger partial charge in [0.25, 0.3) is 0 Å². The maximum absolute atomic E-state index is 13.1. The molecule has 128 valence electrons. The van der Waals surface area contributed by atoms with E-state index in [1.165, 1.54) is 22.9 Å². The van der Waals surface area contributed by atoms with Crippen LogP contribution in [0.25, 0.3) is 11.4 Å². The van der Waals surface area contributed by atoms with Gasteiger partial charge in [0.15, 0.2) is 17.3 Å². The van der Waals surface area contributed by atoms with Crippen LogP contribution >= 0.6 is 12.2 Å². The molecule has 0 radical (unpaired) electrons. The summed E-state index contributed by atoms with van der Waals surface area (Å²) in [4.78, 5) is 0. The second kappa shape index (κ2) is 7.27. The van der Waals surface area contributed by atoms with Gasteiger partial charge in [-0.25, -0.2) is 9.49 Å². The van der Waals surface area contributed by atoms with Gasteiger partial charge < -0.3 is 9.84 Å². The monoisotopic (exact) mass is 358 g/mol. The topological polar surface area (TPSA) is 75.4 Å². The van der Waals surface area contributed by atoms with E-state index in [1.54, 1.807) is 30.5 Å². The Morgan fingerprint density at radius 3 is 2.80 bits per heavy atom. The van der Waals surface area contributed by atoms with Gasteiger partial charge in [0.2, 0.25) is 4.77 Å². The summed E-state index contributed by atoms with van der Waals surface area (Å²) in [6, 6.07) is 10.8. The number of aromatic amines is 1. The molecule has 3 aromatic rings. The van der Waals surface area contributed by atoms with Gasteiger partial charge in [0.05, 0.1) is 12.8 Å². The molecule has 0 amide bonds. The van der Waals surface area contributed by atoms with E-state index >= 15 is 0 Å². The van der Waals surface area contributed by atoms with Crippen molar-refractivity contribution in [2.45, 2.75) is 6.92 Å². The number of benzene rings is 2. The first kappa shape index (κ1) is 16.8. The molecule has 0 bridgehead atoms. The van der Waals surface area contributed by atoms with Crippen LogP contribution in [0.4, 0.5) is 4.39 Å². The Hall–Kier alpha value is -3.00. The number of H-pyrrole nitrogens is 1. The molecule has 0 unspecified atom stereocenters. The molecule has 1 heterocycles. The second-order valence-electron chi connectivity index (χ2n) is 5.08. The number of hydrogen-bond acceptors (Lipinski definition) is 5. The van der Waals surface area contributed by atoms with Gasteiger partial charge >= 0.3 is 0 Å². The number of aromatic hydroxyl groups is 1. The highest BCUT2D eigenvalue weighted by Gasteiger charge is 2.08. The number of phenols is 1. The van der Waals surface area contributed by atoms with Crippen LogP contribution in [0, 0.1) is 10.6 Å². The van der Waals surface area contributed by atoms with Crippen LogP contribution in [-0.2, 0) is 0 Å². The van der Waals surface area contributed by atoms with Gasteiger partial charge in [-0.05, 0) is 67.2 Å². The fourth-order valence-corrected chi connectivity index (χ4v) is 2.37. The van der Waals surface area contributed by atoms with Crippen molar-refractivity contribution in [3.05, 3.63) is 58.6 Å². The maximum Gasteiger partial charge on any atom is 0.216 e. The fourth-order valence-electron chi connectivity index (χ4n) is 2.19. The number of nitrogens with zero attached hydrogens (tertiary/aromatic N) is 3. The molecule has 0 fully saturated rings. The molecule has 8 heteroatoms. The molecule has 0 aliphatic heterocycles. The summed E-state index contributed by atoms with van der Waals surface area (Å²) in [5.74, 6) is 0.567.